The molecule has 1 heterocycles. The Hall–Kier alpha value is -2.16. The second-order valence-corrected chi connectivity index (χ2v) is 6.28. The average Bonchev–Trinajstić information content (AvgIpc) is 2.91. The van der Waals surface area contributed by atoms with E-state index in [2.05, 4.69) is 27.0 Å². The van der Waals surface area contributed by atoms with Crippen LogP contribution in [0.3, 0.4) is 0 Å². The van der Waals surface area contributed by atoms with Crippen molar-refractivity contribution >= 4 is 48.8 Å². The van der Waals surface area contributed by atoms with Crippen LogP contribution in [0.4, 0.5) is 0 Å². The van der Waals surface area contributed by atoms with Crippen molar-refractivity contribution in [2.45, 2.75) is 0 Å². The van der Waals surface area contributed by atoms with E-state index in [-0.39, 0.29) is 11.3 Å². The van der Waals surface area contributed by atoms with Crippen molar-refractivity contribution in [1.82, 2.24) is 4.98 Å². The van der Waals surface area contributed by atoms with Crippen LogP contribution < -0.4 is 0 Å². The number of rotatable bonds is 2. The Labute approximate surface area is 133 Å². The van der Waals surface area contributed by atoms with E-state index in [4.69, 9.17) is 0 Å². The van der Waals surface area contributed by atoms with Crippen LogP contribution in [0.25, 0.3) is 21.5 Å². The molecule has 3 rings (SSSR count). The van der Waals surface area contributed by atoms with Gasteiger partial charge in [0, 0.05) is 10.0 Å². The molecule has 0 spiro atoms. The lowest BCUT2D eigenvalue weighted by atomic mass is 10.1. The van der Waals surface area contributed by atoms with Crippen LogP contribution in [0.2, 0.25) is 0 Å². The molecule has 0 fully saturated rings. The maximum Gasteiger partial charge on any atom is 0.143 e. The molecule has 0 amide bonds. The SMILES string of the molecule is N#CC(=C(O)c1cccc(Br)c1)c1nc2ccccc2s1. The minimum atomic E-state index is -0.0575. The molecular formula is C16H9BrN2OS. The zero-order chi connectivity index (χ0) is 14.8. The summed E-state index contributed by atoms with van der Waals surface area (Å²) in [5, 5.41) is 20.3. The van der Waals surface area contributed by atoms with E-state index < -0.39 is 0 Å². The summed E-state index contributed by atoms with van der Waals surface area (Å²) in [7, 11) is 0. The maximum absolute atomic E-state index is 10.4. The second kappa shape index (κ2) is 5.68. The van der Waals surface area contributed by atoms with Crippen LogP contribution in [0.15, 0.2) is 53.0 Å². The van der Waals surface area contributed by atoms with Gasteiger partial charge in [0.1, 0.15) is 22.4 Å². The van der Waals surface area contributed by atoms with Crippen LogP contribution in [0, 0.1) is 11.3 Å². The van der Waals surface area contributed by atoms with E-state index in [1.165, 1.54) is 11.3 Å². The Balaban J connectivity index is 2.17. The summed E-state index contributed by atoms with van der Waals surface area (Å²) in [6, 6.07) is 16.9. The highest BCUT2D eigenvalue weighted by molar-refractivity contribution is 9.10. The van der Waals surface area contributed by atoms with Gasteiger partial charge in [0.2, 0.25) is 0 Å². The smallest absolute Gasteiger partial charge is 0.143 e. The fraction of sp³-hybridized carbons (Fsp3) is 0. The highest BCUT2D eigenvalue weighted by Gasteiger charge is 2.15. The van der Waals surface area contributed by atoms with E-state index in [1.54, 1.807) is 12.1 Å². The molecule has 5 heteroatoms. The van der Waals surface area contributed by atoms with Gasteiger partial charge in [0.25, 0.3) is 0 Å². The van der Waals surface area contributed by atoms with Crippen molar-refractivity contribution in [3.63, 3.8) is 0 Å². The molecule has 21 heavy (non-hydrogen) atoms. The quantitative estimate of drug-likeness (QED) is 0.518. The second-order valence-electron chi connectivity index (χ2n) is 4.33. The van der Waals surface area contributed by atoms with Crippen LogP contribution in [-0.4, -0.2) is 10.1 Å². The van der Waals surface area contributed by atoms with Crippen molar-refractivity contribution < 1.29 is 5.11 Å². The minimum Gasteiger partial charge on any atom is -0.506 e. The molecule has 0 aliphatic heterocycles. The van der Waals surface area contributed by atoms with Gasteiger partial charge in [-0.2, -0.15) is 5.26 Å². The number of thiazole rings is 1. The molecular weight excluding hydrogens is 348 g/mol. The summed E-state index contributed by atoms with van der Waals surface area (Å²) in [4.78, 5) is 4.42. The molecule has 0 radical (unpaired) electrons. The first kappa shape index (κ1) is 13.8. The molecule has 0 saturated carbocycles. The number of nitriles is 1. The summed E-state index contributed by atoms with van der Waals surface area (Å²) in [5.41, 5.74) is 1.60. The number of aliphatic hydroxyl groups is 1. The number of nitrogens with zero attached hydrogens (tertiary/aromatic N) is 2. The Bertz CT molecular complexity index is 859. The van der Waals surface area contributed by atoms with E-state index in [1.807, 2.05) is 36.4 Å². The molecule has 3 nitrogen and oxygen atoms in total. The molecule has 0 saturated heterocycles. The first-order valence-corrected chi connectivity index (χ1v) is 7.75. The van der Waals surface area contributed by atoms with Crippen molar-refractivity contribution in [2.75, 3.05) is 0 Å². The molecule has 2 aromatic carbocycles. The lowest BCUT2D eigenvalue weighted by molar-refractivity contribution is 0.514. The summed E-state index contributed by atoms with van der Waals surface area (Å²) in [6.45, 7) is 0. The zero-order valence-corrected chi connectivity index (χ0v) is 13.1. The summed E-state index contributed by atoms with van der Waals surface area (Å²) in [6.07, 6.45) is 0. The number of fused-ring (bicyclic) bond motifs is 1. The molecule has 0 atom stereocenters. The Morgan fingerprint density at radius 1 is 1.19 bits per heavy atom. The largest absolute Gasteiger partial charge is 0.506 e. The maximum atomic E-state index is 10.4. The molecule has 0 unspecified atom stereocenters. The van der Waals surface area contributed by atoms with Crippen molar-refractivity contribution in [1.29, 1.82) is 5.26 Å². The Morgan fingerprint density at radius 3 is 2.71 bits per heavy atom. The lowest BCUT2D eigenvalue weighted by Crippen LogP contribution is -1.89. The van der Waals surface area contributed by atoms with Gasteiger partial charge in [-0.3, -0.25) is 0 Å². The number of benzene rings is 2. The van der Waals surface area contributed by atoms with Gasteiger partial charge in [-0.15, -0.1) is 11.3 Å². The third kappa shape index (κ3) is 2.68. The Kier molecular flexibility index (Phi) is 3.74. The highest BCUT2D eigenvalue weighted by Crippen LogP contribution is 2.31. The number of hydrogen-bond donors (Lipinski definition) is 1. The van der Waals surface area contributed by atoms with Gasteiger partial charge >= 0.3 is 0 Å². The van der Waals surface area contributed by atoms with Crippen LogP contribution in [-0.2, 0) is 0 Å². The van der Waals surface area contributed by atoms with Gasteiger partial charge in [-0.05, 0) is 24.3 Å². The molecule has 0 bridgehead atoms. The third-order valence-electron chi connectivity index (χ3n) is 2.95. The van der Waals surface area contributed by atoms with Gasteiger partial charge in [-0.25, -0.2) is 4.98 Å². The van der Waals surface area contributed by atoms with Crippen LogP contribution >= 0.6 is 27.3 Å². The molecule has 0 aliphatic carbocycles. The number of aliphatic hydroxyl groups excluding tert-OH is 1. The van der Waals surface area contributed by atoms with Crippen LogP contribution in [0.5, 0.6) is 0 Å². The van der Waals surface area contributed by atoms with E-state index in [9.17, 15) is 10.4 Å². The number of aromatic nitrogens is 1. The van der Waals surface area contributed by atoms with Crippen LogP contribution in [0.1, 0.15) is 10.6 Å². The average molecular weight is 357 g/mol. The Morgan fingerprint density at radius 2 is 2.00 bits per heavy atom. The predicted molar refractivity (Wildman–Crippen MR) is 88.8 cm³/mol. The van der Waals surface area contributed by atoms with Crippen molar-refractivity contribution in [3.05, 3.63) is 63.6 Å². The first-order chi connectivity index (χ1) is 10.2. The summed E-state index contributed by atoms with van der Waals surface area (Å²) in [5.74, 6) is -0.0575. The molecule has 1 aromatic heterocycles. The third-order valence-corrected chi connectivity index (χ3v) is 4.50. The highest BCUT2D eigenvalue weighted by atomic mass is 79.9. The fourth-order valence-corrected chi connectivity index (χ4v) is 3.32. The van der Waals surface area contributed by atoms with E-state index >= 15 is 0 Å². The normalized spacial score (nSPS) is 12.0. The number of hydrogen-bond acceptors (Lipinski definition) is 4. The number of para-hydroxylation sites is 1. The van der Waals surface area contributed by atoms with E-state index in [0.717, 1.165) is 14.7 Å². The molecule has 0 aliphatic rings. The number of allylic oxidation sites excluding steroid dienone is 1. The summed E-state index contributed by atoms with van der Waals surface area (Å²) >= 11 is 4.75. The van der Waals surface area contributed by atoms with E-state index in [0.29, 0.717) is 10.6 Å². The first-order valence-electron chi connectivity index (χ1n) is 6.14. The molecule has 1 N–H and O–H groups in total. The van der Waals surface area contributed by atoms with Crippen molar-refractivity contribution in [2.24, 2.45) is 0 Å². The molecule has 102 valence electrons. The predicted octanol–water partition coefficient (Wildman–Crippen LogP) is 5.01. The molecule has 3 aromatic rings. The van der Waals surface area contributed by atoms with Gasteiger partial charge in [-0.1, -0.05) is 40.2 Å². The zero-order valence-electron chi connectivity index (χ0n) is 10.7. The standard InChI is InChI=1S/C16H9BrN2OS/c17-11-5-3-4-10(8-11)15(20)12(9-18)16-19-13-6-1-2-7-14(13)21-16/h1-8,20H. The fourth-order valence-electron chi connectivity index (χ4n) is 1.96. The van der Waals surface area contributed by atoms with Crippen molar-refractivity contribution in [3.8, 4) is 6.07 Å². The summed E-state index contributed by atoms with van der Waals surface area (Å²) < 4.78 is 1.83. The lowest BCUT2D eigenvalue weighted by Gasteiger charge is -2.02. The topological polar surface area (TPSA) is 56.9 Å². The van der Waals surface area contributed by atoms with Gasteiger partial charge < -0.3 is 5.11 Å². The number of halogens is 1. The van der Waals surface area contributed by atoms with Gasteiger partial charge in [0.05, 0.1) is 10.2 Å². The minimum absolute atomic E-state index is 0.0575. The monoisotopic (exact) mass is 356 g/mol. The van der Waals surface area contributed by atoms with Gasteiger partial charge in [0.15, 0.2) is 0 Å².